The molecule has 3 aliphatic heterocycles. The van der Waals surface area contributed by atoms with Crippen LogP contribution in [0.4, 0.5) is 0 Å². The third-order valence-electron chi connectivity index (χ3n) is 4.79. The van der Waals surface area contributed by atoms with E-state index in [1.807, 2.05) is 11.0 Å². The average molecular weight is 304 g/mol. The quantitative estimate of drug-likeness (QED) is 0.855. The predicted octanol–water partition coefficient (Wildman–Crippen LogP) is 1.87. The van der Waals surface area contributed by atoms with Gasteiger partial charge in [0.1, 0.15) is 11.5 Å². The van der Waals surface area contributed by atoms with Gasteiger partial charge in [0.25, 0.3) is 5.91 Å². The molecule has 0 aromatic heterocycles. The van der Waals surface area contributed by atoms with Gasteiger partial charge in [-0.25, -0.2) is 0 Å². The van der Waals surface area contributed by atoms with Crippen molar-refractivity contribution in [3.8, 4) is 11.5 Å². The van der Waals surface area contributed by atoms with E-state index in [1.54, 1.807) is 26.4 Å². The molecular formula is C17H24N2O3. The zero-order chi connectivity index (χ0) is 15.7. The average Bonchev–Trinajstić information content (AvgIpc) is 2.82. The predicted molar refractivity (Wildman–Crippen MR) is 84.6 cm³/mol. The van der Waals surface area contributed by atoms with Gasteiger partial charge < -0.3 is 19.3 Å². The number of fused-ring (bicyclic) bond motifs is 4. The smallest absolute Gasteiger partial charge is 0.258 e. The Morgan fingerprint density at radius 1 is 1.14 bits per heavy atom. The molecule has 22 heavy (non-hydrogen) atoms. The van der Waals surface area contributed by atoms with E-state index in [0.717, 1.165) is 26.1 Å². The number of amides is 1. The third-order valence-corrected chi connectivity index (χ3v) is 4.79. The molecule has 2 bridgehead atoms. The lowest BCUT2D eigenvalue weighted by Crippen LogP contribution is -2.47. The summed E-state index contributed by atoms with van der Waals surface area (Å²) in [6.45, 7) is 2.87. The van der Waals surface area contributed by atoms with E-state index in [9.17, 15) is 4.79 Å². The highest BCUT2D eigenvalue weighted by Gasteiger charge is 2.37. The minimum atomic E-state index is 0.0563. The van der Waals surface area contributed by atoms with Gasteiger partial charge in [0, 0.05) is 25.7 Å². The fourth-order valence-electron chi connectivity index (χ4n) is 3.70. The summed E-state index contributed by atoms with van der Waals surface area (Å²) in [5.41, 5.74) is 0.594. The van der Waals surface area contributed by atoms with Gasteiger partial charge in [0.2, 0.25) is 0 Å². The topological polar surface area (TPSA) is 42.0 Å². The van der Waals surface area contributed by atoms with E-state index in [1.165, 1.54) is 6.42 Å². The fourth-order valence-corrected chi connectivity index (χ4v) is 3.70. The Bertz CT molecular complexity index is 561. The number of carbonyl (C=O) groups excluding carboxylic acids is 1. The highest BCUT2D eigenvalue weighted by Crippen LogP contribution is 2.31. The highest BCUT2D eigenvalue weighted by atomic mass is 16.5. The van der Waals surface area contributed by atoms with E-state index < -0.39 is 0 Å². The molecule has 5 heteroatoms. The normalized spacial score (nSPS) is 25.0. The Morgan fingerprint density at radius 2 is 1.95 bits per heavy atom. The van der Waals surface area contributed by atoms with Gasteiger partial charge in [-0.2, -0.15) is 0 Å². The van der Waals surface area contributed by atoms with Gasteiger partial charge in [-0.1, -0.05) is 0 Å². The summed E-state index contributed by atoms with van der Waals surface area (Å²) in [5.74, 6) is 1.92. The Balaban J connectivity index is 1.90. The van der Waals surface area contributed by atoms with Gasteiger partial charge in [-0.3, -0.25) is 4.79 Å². The van der Waals surface area contributed by atoms with E-state index in [2.05, 4.69) is 11.9 Å². The second-order valence-corrected chi connectivity index (χ2v) is 6.34. The largest absolute Gasteiger partial charge is 0.497 e. The number of piperidine rings is 1. The zero-order valence-electron chi connectivity index (χ0n) is 13.5. The molecular weight excluding hydrogens is 280 g/mol. The number of nitrogens with zero attached hydrogens (tertiary/aromatic N) is 2. The Morgan fingerprint density at radius 3 is 2.68 bits per heavy atom. The minimum Gasteiger partial charge on any atom is -0.497 e. The Labute approximate surface area is 131 Å². The van der Waals surface area contributed by atoms with E-state index >= 15 is 0 Å². The maximum atomic E-state index is 13.1. The van der Waals surface area contributed by atoms with Crippen LogP contribution in [0.1, 0.15) is 23.2 Å². The van der Waals surface area contributed by atoms with Crippen LogP contribution >= 0.6 is 0 Å². The molecule has 3 fully saturated rings. The van der Waals surface area contributed by atoms with Crippen molar-refractivity contribution in [3.63, 3.8) is 0 Å². The number of methoxy groups -OCH3 is 2. The van der Waals surface area contributed by atoms with Crippen LogP contribution < -0.4 is 9.47 Å². The summed E-state index contributed by atoms with van der Waals surface area (Å²) >= 11 is 0. The number of hydrogen-bond donors (Lipinski definition) is 0. The second-order valence-electron chi connectivity index (χ2n) is 6.34. The number of ether oxygens (including phenoxy) is 2. The lowest BCUT2D eigenvalue weighted by Gasteiger charge is -2.36. The summed E-state index contributed by atoms with van der Waals surface area (Å²) in [4.78, 5) is 17.5. The van der Waals surface area contributed by atoms with Gasteiger partial charge in [-0.15, -0.1) is 0 Å². The monoisotopic (exact) mass is 304 g/mol. The molecule has 3 saturated heterocycles. The SMILES string of the molecule is COc1ccc(OC)c(C(=O)N2C[C@H]3CC[C@@H]2CN(C)C3)c1. The third kappa shape index (κ3) is 2.77. The molecule has 2 atom stereocenters. The summed E-state index contributed by atoms with van der Waals surface area (Å²) < 4.78 is 10.6. The van der Waals surface area contributed by atoms with Crippen molar-refractivity contribution in [1.82, 2.24) is 9.80 Å². The van der Waals surface area contributed by atoms with Crippen LogP contribution in [0, 0.1) is 5.92 Å². The summed E-state index contributed by atoms with van der Waals surface area (Å²) in [7, 11) is 5.35. The van der Waals surface area contributed by atoms with Crippen molar-refractivity contribution in [2.75, 3.05) is 40.9 Å². The minimum absolute atomic E-state index is 0.0563. The number of hydrogen-bond acceptors (Lipinski definition) is 4. The van der Waals surface area contributed by atoms with Crippen molar-refractivity contribution >= 4 is 5.91 Å². The molecule has 0 unspecified atom stereocenters. The van der Waals surface area contributed by atoms with Gasteiger partial charge in [0.15, 0.2) is 0 Å². The van der Waals surface area contributed by atoms with Crippen LogP contribution in [0.15, 0.2) is 18.2 Å². The maximum absolute atomic E-state index is 13.1. The van der Waals surface area contributed by atoms with Crippen LogP contribution in [-0.4, -0.2) is 62.7 Å². The van der Waals surface area contributed by atoms with Crippen LogP contribution in [0.25, 0.3) is 0 Å². The second kappa shape index (κ2) is 6.16. The van der Waals surface area contributed by atoms with Crippen molar-refractivity contribution in [3.05, 3.63) is 23.8 Å². The highest BCUT2D eigenvalue weighted by molar-refractivity contribution is 5.97. The summed E-state index contributed by atoms with van der Waals surface area (Å²) in [6, 6.07) is 5.70. The Hall–Kier alpha value is -1.75. The number of carbonyl (C=O) groups is 1. The molecule has 0 saturated carbocycles. The molecule has 3 aliphatic rings. The lowest BCUT2D eigenvalue weighted by atomic mass is 9.94. The molecule has 3 heterocycles. The van der Waals surface area contributed by atoms with E-state index in [-0.39, 0.29) is 5.91 Å². The maximum Gasteiger partial charge on any atom is 0.258 e. The first-order chi connectivity index (χ1) is 10.6. The zero-order valence-corrected chi connectivity index (χ0v) is 13.5. The molecule has 5 nitrogen and oxygen atoms in total. The Kier molecular flexibility index (Phi) is 4.25. The molecule has 1 aromatic carbocycles. The summed E-state index contributed by atoms with van der Waals surface area (Å²) in [5, 5.41) is 0. The first-order valence-corrected chi connectivity index (χ1v) is 7.84. The van der Waals surface area contributed by atoms with Crippen molar-refractivity contribution in [2.45, 2.75) is 18.9 Å². The first kappa shape index (κ1) is 15.2. The molecule has 0 spiro atoms. The molecule has 4 rings (SSSR count). The van der Waals surface area contributed by atoms with E-state index in [4.69, 9.17) is 9.47 Å². The first-order valence-electron chi connectivity index (χ1n) is 7.84. The van der Waals surface area contributed by atoms with E-state index in [0.29, 0.717) is 29.0 Å². The molecule has 1 amide bonds. The molecule has 120 valence electrons. The van der Waals surface area contributed by atoms with Crippen LogP contribution in [-0.2, 0) is 0 Å². The van der Waals surface area contributed by atoms with Crippen molar-refractivity contribution in [1.29, 1.82) is 0 Å². The molecule has 0 aliphatic carbocycles. The fraction of sp³-hybridized carbons (Fsp3) is 0.588. The van der Waals surface area contributed by atoms with Crippen molar-refractivity contribution < 1.29 is 14.3 Å². The molecule has 1 aromatic rings. The number of likely N-dealkylation sites (N-methyl/N-ethyl adjacent to an activating group) is 1. The van der Waals surface area contributed by atoms with Crippen LogP contribution in [0.2, 0.25) is 0 Å². The van der Waals surface area contributed by atoms with Crippen LogP contribution in [0.5, 0.6) is 11.5 Å². The molecule has 0 radical (unpaired) electrons. The molecule has 0 N–H and O–H groups in total. The lowest BCUT2D eigenvalue weighted by molar-refractivity contribution is 0.0583. The summed E-state index contributed by atoms with van der Waals surface area (Å²) in [6.07, 6.45) is 2.31. The van der Waals surface area contributed by atoms with Gasteiger partial charge in [0.05, 0.1) is 19.8 Å². The van der Waals surface area contributed by atoms with Gasteiger partial charge in [-0.05, 0) is 44.0 Å². The van der Waals surface area contributed by atoms with Crippen LogP contribution in [0.3, 0.4) is 0 Å². The number of benzene rings is 1. The number of rotatable bonds is 3. The van der Waals surface area contributed by atoms with Gasteiger partial charge >= 0.3 is 0 Å². The van der Waals surface area contributed by atoms with Crippen molar-refractivity contribution in [2.24, 2.45) is 5.92 Å². The standard InChI is InChI=1S/C17H24N2O3/c1-18-9-12-4-5-13(11-18)19(10-12)17(20)15-8-14(21-2)6-7-16(15)22-3/h6-8,12-13H,4-5,9-11H2,1-3H3/t12-,13+/m0/s1.